The number of methoxy groups -OCH3 is 2. The third kappa shape index (κ3) is 3.07. The van der Waals surface area contributed by atoms with Crippen molar-refractivity contribution >= 4 is 37.0 Å². The largest absolute Gasteiger partial charge is 0.496 e. The predicted octanol–water partition coefficient (Wildman–Crippen LogP) is 7.27. The van der Waals surface area contributed by atoms with E-state index in [1.54, 1.807) is 14.2 Å². The van der Waals surface area contributed by atoms with E-state index in [9.17, 15) is 0 Å². The first kappa shape index (κ1) is 20.1. The minimum atomic E-state index is -0.662. The molecule has 0 bridgehead atoms. The monoisotopic (exact) mass is 407 g/mol. The van der Waals surface area contributed by atoms with E-state index in [2.05, 4.69) is 72.8 Å². The Labute approximate surface area is 179 Å². The molecule has 0 aliphatic carbocycles. The third-order valence-corrected chi connectivity index (χ3v) is 8.02. The van der Waals surface area contributed by atoms with Gasteiger partial charge in [-0.05, 0) is 28.2 Å². The molecule has 145 valence electrons. The van der Waals surface area contributed by atoms with Gasteiger partial charge < -0.3 is 9.47 Å². The number of benzene rings is 4. The summed E-state index contributed by atoms with van der Waals surface area (Å²) in [6, 6.07) is 32.2. The predicted molar refractivity (Wildman–Crippen MR) is 130 cm³/mol. The van der Waals surface area contributed by atoms with Crippen molar-refractivity contribution in [3.05, 3.63) is 91.0 Å². The average molecular weight is 407 g/mol. The first-order chi connectivity index (χ1) is 14.3. The summed E-state index contributed by atoms with van der Waals surface area (Å²) in [5.74, 6) is 1.66. The van der Waals surface area contributed by atoms with Crippen molar-refractivity contribution < 1.29 is 9.47 Å². The molecule has 0 aliphatic heterocycles. The first-order valence-electron chi connectivity index (χ1n) is 9.62. The molecule has 1 unspecified atom stereocenters. The van der Waals surface area contributed by atoms with Gasteiger partial charge in [0.2, 0.25) is 0 Å². The Balaban J connectivity index is 0.00000218. The van der Waals surface area contributed by atoms with Gasteiger partial charge in [-0.15, -0.1) is 0 Å². The minimum absolute atomic E-state index is 0. The van der Waals surface area contributed by atoms with Gasteiger partial charge in [-0.1, -0.05) is 86.4 Å². The molecule has 5 rings (SSSR count). The summed E-state index contributed by atoms with van der Waals surface area (Å²) in [6.45, 7) is 0. The summed E-state index contributed by atoms with van der Waals surface area (Å²) >= 11 is 0. The van der Waals surface area contributed by atoms with Gasteiger partial charge in [-0.2, -0.15) is 0 Å². The molecule has 4 heteroatoms. The van der Waals surface area contributed by atoms with Crippen molar-refractivity contribution in [3.63, 3.8) is 0 Å². The highest BCUT2D eigenvalue weighted by molar-refractivity contribution is 7.68. The van der Waals surface area contributed by atoms with Crippen molar-refractivity contribution in [2.75, 3.05) is 14.2 Å². The highest BCUT2D eigenvalue weighted by Crippen LogP contribution is 2.58. The Kier molecular flexibility index (Phi) is 5.57. The van der Waals surface area contributed by atoms with Gasteiger partial charge in [0.25, 0.3) is 0 Å². The second-order valence-corrected chi connectivity index (χ2v) is 9.04. The van der Waals surface area contributed by atoms with Gasteiger partial charge in [0.05, 0.1) is 19.8 Å². The van der Waals surface area contributed by atoms with Crippen LogP contribution >= 0.6 is 7.53 Å². The molecule has 0 amide bonds. The second-order valence-electron chi connectivity index (χ2n) is 6.93. The maximum Gasteiger partial charge on any atom is 0.130 e. The molecular weight excluding hydrogens is 386 g/mol. The van der Waals surface area contributed by atoms with Crippen LogP contribution in [-0.2, 0) is 0 Å². The molecule has 0 saturated heterocycles. The van der Waals surface area contributed by atoms with Crippen molar-refractivity contribution in [2.24, 2.45) is 0 Å². The van der Waals surface area contributed by atoms with Crippen LogP contribution in [0.25, 0.3) is 37.4 Å². The molecule has 1 atom stereocenters. The lowest BCUT2D eigenvalue weighted by atomic mass is 10.0. The van der Waals surface area contributed by atoms with Gasteiger partial charge in [0.1, 0.15) is 11.5 Å². The van der Waals surface area contributed by atoms with Crippen LogP contribution in [0.1, 0.15) is 0 Å². The topological polar surface area (TPSA) is 18.5 Å². The van der Waals surface area contributed by atoms with Crippen molar-refractivity contribution in [3.8, 4) is 27.9 Å². The van der Waals surface area contributed by atoms with Crippen LogP contribution in [0.2, 0.25) is 0 Å². The van der Waals surface area contributed by atoms with Crippen LogP contribution in [0.3, 0.4) is 0 Å². The Bertz CT molecular complexity index is 1300. The summed E-state index contributed by atoms with van der Waals surface area (Å²) in [4.78, 5) is 0. The molecule has 0 saturated carbocycles. The molecular formula is C26H21BO2P. The Hall–Kier alpha value is -3.16. The van der Waals surface area contributed by atoms with E-state index in [4.69, 9.17) is 9.47 Å². The fraction of sp³-hybridized carbons (Fsp3) is 0.0769. The van der Waals surface area contributed by atoms with Crippen LogP contribution in [-0.4, -0.2) is 22.6 Å². The van der Waals surface area contributed by atoms with Crippen molar-refractivity contribution in [1.29, 1.82) is 0 Å². The highest BCUT2D eigenvalue weighted by atomic mass is 31.1. The molecule has 1 aromatic heterocycles. The lowest BCUT2D eigenvalue weighted by Crippen LogP contribution is -1.93. The number of hydrogen-bond donors (Lipinski definition) is 0. The molecule has 0 fully saturated rings. The fourth-order valence-electron chi connectivity index (χ4n) is 4.18. The van der Waals surface area contributed by atoms with Gasteiger partial charge in [-0.3, -0.25) is 0 Å². The zero-order chi connectivity index (χ0) is 19.8. The molecule has 2 nitrogen and oxygen atoms in total. The summed E-state index contributed by atoms with van der Waals surface area (Å²) < 4.78 is 11.5. The van der Waals surface area contributed by atoms with E-state index in [1.807, 2.05) is 18.2 Å². The third-order valence-electron chi connectivity index (χ3n) is 5.41. The van der Waals surface area contributed by atoms with Crippen LogP contribution in [0.5, 0.6) is 11.5 Å². The maximum atomic E-state index is 5.75. The number of ether oxygens (including phenoxy) is 2. The van der Waals surface area contributed by atoms with E-state index in [0.717, 1.165) is 17.1 Å². The van der Waals surface area contributed by atoms with Crippen LogP contribution in [0, 0.1) is 0 Å². The van der Waals surface area contributed by atoms with Crippen LogP contribution < -0.4 is 9.47 Å². The molecule has 0 spiro atoms. The first-order valence-corrected chi connectivity index (χ1v) is 11.0. The van der Waals surface area contributed by atoms with Gasteiger partial charge >= 0.3 is 0 Å². The summed E-state index contributed by atoms with van der Waals surface area (Å²) in [5, 5.41) is 6.77. The minimum Gasteiger partial charge on any atom is -0.496 e. The van der Waals surface area contributed by atoms with E-state index < -0.39 is 7.53 Å². The average Bonchev–Trinajstić information content (AvgIpc) is 3.14. The zero-order valence-corrected chi connectivity index (χ0v) is 17.9. The van der Waals surface area contributed by atoms with Crippen molar-refractivity contribution in [1.82, 2.24) is 0 Å². The van der Waals surface area contributed by atoms with Gasteiger partial charge in [-0.25, -0.2) is 0 Å². The number of fused-ring (bicyclic) bond motifs is 3. The highest BCUT2D eigenvalue weighted by Gasteiger charge is 2.20. The van der Waals surface area contributed by atoms with E-state index in [-0.39, 0.29) is 8.41 Å². The molecule has 3 radical (unpaired) electrons. The smallest absolute Gasteiger partial charge is 0.130 e. The lowest BCUT2D eigenvalue weighted by Gasteiger charge is -2.15. The second kappa shape index (κ2) is 8.30. The van der Waals surface area contributed by atoms with Gasteiger partial charge in [0.15, 0.2) is 0 Å². The van der Waals surface area contributed by atoms with Crippen molar-refractivity contribution in [2.45, 2.75) is 0 Å². The maximum absolute atomic E-state index is 5.75. The zero-order valence-electron chi connectivity index (χ0n) is 17.0. The molecule has 1 heterocycles. The van der Waals surface area contributed by atoms with Crippen LogP contribution in [0.15, 0.2) is 91.0 Å². The van der Waals surface area contributed by atoms with Crippen LogP contribution in [0.4, 0.5) is 0 Å². The SMILES string of the molecule is COc1cccc(OC)c1-c1cccc2c3ccccc3p(-c3ccccc3)c12.[B]. The Morgan fingerprint density at radius 1 is 0.600 bits per heavy atom. The lowest BCUT2D eigenvalue weighted by molar-refractivity contribution is 0.397. The number of hydrogen-bond acceptors (Lipinski definition) is 2. The summed E-state index contributed by atoms with van der Waals surface area (Å²) in [6.07, 6.45) is 0. The Morgan fingerprint density at radius 2 is 1.20 bits per heavy atom. The normalized spacial score (nSPS) is 11.3. The molecule has 5 aromatic rings. The van der Waals surface area contributed by atoms with E-state index in [1.165, 1.54) is 31.9 Å². The molecule has 0 aliphatic rings. The number of rotatable bonds is 4. The summed E-state index contributed by atoms with van der Waals surface area (Å²) in [7, 11) is 2.77. The Morgan fingerprint density at radius 3 is 1.90 bits per heavy atom. The quantitative estimate of drug-likeness (QED) is 0.292. The fourth-order valence-corrected chi connectivity index (χ4v) is 6.96. The molecule has 4 aromatic carbocycles. The molecule has 0 N–H and O–H groups in total. The standard InChI is InChI=1S/C26H21O2P.B/c1-27-22-15-9-16-23(28-2)25(22)21-14-8-13-20-19-12-6-7-17-24(19)29(26(20)21)18-10-4-3-5-11-18;/h3-17H,1-2H3;. The van der Waals surface area contributed by atoms with E-state index in [0.29, 0.717) is 0 Å². The van der Waals surface area contributed by atoms with E-state index >= 15 is 0 Å². The van der Waals surface area contributed by atoms with Gasteiger partial charge in [0, 0.05) is 24.2 Å². The summed E-state index contributed by atoms with van der Waals surface area (Å²) in [5.41, 5.74) is 2.20. The molecule has 30 heavy (non-hydrogen) atoms.